The second kappa shape index (κ2) is 7.79. The summed E-state index contributed by atoms with van der Waals surface area (Å²) in [5.41, 5.74) is 1.39. The molecule has 1 unspecified atom stereocenters. The Labute approximate surface area is 95.5 Å². The predicted molar refractivity (Wildman–Crippen MR) is 59.3 cm³/mol. The molecule has 1 atom stereocenters. The fourth-order valence-electron chi connectivity index (χ4n) is 1.06. The van der Waals surface area contributed by atoms with Crippen molar-refractivity contribution in [3.05, 3.63) is 0 Å². The van der Waals surface area contributed by atoms with Crippen molar-refractivity contribution < 1.29 is 24.0 Å². The summed E-state index contributed by atoms with van der Waals surface area (Å²) in [6.45, 7) is 4.33. The van der Waals surface area contributed by atoms with Crippen LogP contribution in [0.5, 0.6) is 0 Å². The first kappa shape index (κ1) is 15.6. The van der Waals surface area contributed by atoms with Crippen LogP contribution >= 0.6 is 7.60 Å². The minimum Gasteiger partial charge on any atom is -0.324 e. The van der Waals surface area contributed by atoms with Crippen molar-refractivity contribution in [3.63, 3.8) is 0 Å². The van der Waals surface area contributed by atoms with E-state index < -0.39 is 13.5 Å². The van der Waals surface area contributed by atoms with Crippen molar-refractivity contribution in [3.8, 4) is 0 Å². The summed E-state index contributed by atoms with van der Waals surface area (Å²) in [7, 11) is -3.69. The molecule has 0 aliphatic carbocycles. The number of hydrogen-bond acceptors (Lipinski definition) is 4. The van der Waals surface area contributed by atoms with Gasteiger partial charge in [-0.2, -0.15) is 0 Å². The van der Waals surface area contributed by atoms with E-state index in [-0.39, 0.29) is 19.2 Å². The molecule has 0 saturated heterocycles. The fourth-order valence-corrected chi connectivity index (χ4v) is 2.09. The van der Waals surface area contributed by atoms with E-state index in [0.29, 0.717) is 12.3 Å². The third-order valence-electron chi connectivity index (χ3n) is 1.96. The van der Waals surface area contributed by atoms with Crippen molar-refractivity contribution in [2.45, 2.75) is 33.1 Å². The summed E-state index contributed by atoms with van der Waals surface area (Å²) in [5, 5.41) is 8.20. The minimum atomic E-state index is -3.69. The van der Waals surface area contributed by atoms with Crippen LogP contribution in [0.2, 0.25) is 0 Å². The van der Waals surface area contributed by atoms with Crippen LogP contribution in [-0.2, 0) is 13.9 Å². The topological polar surface area (TPSA) is 95.9 Å². The van der Waals surface area contributed by atoms with Crippen LogP contribution in [0.4, 0.5) is 0 Å². The van der Waals surface area contributed by atoms with E-state index in [4.69, 9.17) is 9.73 Å². The summed E-state index contributed by atoms with van der Waals surface area (Å²) >= 11 is 0. The molecule has 0 aliphatic rings. The third-order valence-corrected chi connectivity index (χ3v) is 3.34. The van der Waals surface area contributed by atoms with Crippen LogP contribution in [0.25, 0.3) is 0 Å². The molecule has 16 heavy (non-hydrogen) atoms. The van der Waals surface area contributed by atoms with Gasteiger partial charge in [0.15, 0.2) is 0 Å². The molecule has 0 saturated carbocycles. The molecule has 0 fully saturated rings. The highest BCUT2D eigenvalue weighted by Crippen LogP contribution is 2.42. The van der Waals surface area contributed by atoms with E-state index in [1.807, 2.05) is 0 Å². The maximum Gasteiger partial charge on any atom is 0.328 e. The molecule has 0 aromatic rings. The Kier molecular flexibility index (Phi) is 7.58. The molecule has 0 spiro atoms. The van der Waals surface area contributed by atoms with Crippen molar-refractivity contribution in [2.75, 3.05) is 12.8 Å². The Hall–Kier alpha value is -0.420. The number of amides is 1. The molecule has 0 heterocycles. The van der Waals surface area contributed by atoms with E-state index >= 15 is 0 Å². The van der Waals surface area contributed by atoms with E-state index in [0.717, 1.165) is 6.42 Å². The fraction of sp³-hybridized carbons (Fsp3) is 0.889. The monoisotopic (exact) mass is 253 g/mol. The van der Waals surface area contributed by atoms with E-state index in [2.05, 4.69) is 13.8 Å². The van der Waals surface area contributed by atoms with Gasteiger partial charge < -0.3 is 9.42 Å². The first-order valence-electron chi connectivity index (χ1n) is 5.26. The molecule has 0 rings (SSSR count). The Balaban J connectivity index is 3.70. The summed E-state index contributed by atoms with van der Waals surface area (Å²) in [6.07, 6.45) is 1.14. The molecule has 0 aromatic carbocycles. The molecular weight excluding hydrogens is 233 g/mol. The smallest absolute Gasteiger partial charge is 0.324 e. The Morgan fingerprint density at radius 1 is 1.50 bits per heavy atom. The second-order valence-electron chi connectivity index (χ2n) is 4.02. The summed E-state index contributed by atoms with van der Waals surface area (Å²) in [4.78, 5) is 19.9. The molecular formula is C9H20NO5P. The highest BCUT2D eigenvalue weighted by atomic mass is 31.2. The van der Waals surface area contributed by atoms with Gasteiger partial charge in [0.05, 0.1) is 12.8 Å². The first-order valence-corrected chi connectivity index (χ1v) is 7.03. The number of hydrogen-bond donors (Lipinski definition) is 3. The van der Waals surface area contributed by atoms with Crippen molar-refractivity contribution in [2.24, 2.45) is 5.92 Å². The van der Waals surface area contributed by atoms with Gasteiger partial charge in [-0.15, -0.1) is 0 Å². The minimum absolute atomic E-state index is 0.215. The predicted octanol–water partition coefficient (Wildman–Crippen LogP) is 1.52. The van der Waals surface area contributed by atoms with Crippen molar-refractivity contribution in [1.29, 1.82) is 0 Å². The molecule has 7 heteroatoms. The lowest BCUT2D eigenvalue weighted by atomic mass is 10.1. The van der Waals surface area contributed by atoms with Crippen LogP contribution in [0, 0.1) is 5.92 Å². The zero-order valence-electron chi connectivity index (χ0n) is 9.68. The van der Waals surface area contributed by atoms with Gasteiger partial charge in [0, 0.05) is 6.42 Å². The van der Waals surface area contributed by atoms with E-state index in [1.54, 1.807) is 0 Å². The lowest BCUT2D eigenvalue weighted by molar-refractivity contribution is -0.128. The molecule has 1 amide bonds. The van der Waals surface area contributed by atoms with Crippen LogP contribution in [0.3, 0.4) is 0 Å². The molecule has 0 aromatic heterocycles. The zero-order valence-corrected chi connectivity index (χ0v) is 10.6. The highest BCUT2D eigenvalue weighted by Gasteiger charge is 2.20. The van der Waals surface area contributed by atoms with Crippen LogP contribution in [0.15, 0.2) is 0 Å². The van der Waals surface area contributed by atoms with Crippen LogP contribution < -0.4 is 5.48 Å². The number of rotatable bonds is 8. The molecule has 3 N–H and O–H groups in total. The van der Waals surface area contributed by atoms with Crippen LogP contribution in [0.1, 0.15) is 33.1 Å². The maximum absolute atomic E-state index is 11.4. The normalized spacial score (nSPS) is 14.8. The molecule has 0 radical (unpaired) electrons. The van der Waals surface area contributed by atoms with Crippen molar-refractivity contribution in [1.82, 2.24) is 5.48 Å². The number of nitrogens with one attached hydrogen (secondary N) is 1. The number of hydroxylamine groups is 1. The molecule has 6 nitrogen and oxygen atoms in total. The van der Waals surface area contributed by atoms with E-state index in [9.17, 15) is 14.3 Å². The quantitative estimate of drug-likeness (QED) is 0.264. The maximum atomic E-state index is 11.4. The highest BCUT2D eigenvalue weighted by molar-refractivity contribution is 7.52. The van der Waals surface area contributed by atoms with Crippen LogP contribution in [-0.4, -0.2) is 28.8 Å². The zero-order chi connectivity index (χ0) is 12.6. The third kappa shape index (κ3) is 8.85. The average molecular weight is 253 g/mol. The Bertz CT molecular complexity index is 256. The first-order chi connectivity index (χ1) is 7.37. The number of carbonyl (C=O) groups is 1. The standard InChI is InChI=1S/C9H20NO5P/c1-8(2)4-3-6-15-16(13,14)7-5-9(11)10-12/h8,12H,3-7H2,1-2H3,(H,10,11)(H,13,14). The number of carbonyl (C=O) groups excluding carboxylic acids is 1. The van der Waals surface area contributed by atoms with Gasteiger partial charge in [0.1, 0.15) is 0 Å². The Morgan fingerprint density at radius 3 is 2.62 bits per heavy atom. The van der Waals surface area contributed by atoms with Gasteiger partial charge >= 0.3 is 7.60 Å². The van der Waals surface area contributed by atoms with Gasteiger partial charge in [0.25, 0.3) is 0 Å². The van der Waals surface area contributed by atoms with Gasteiger partial charge in [-0.05, 0) is 18.8 Å². The molecule has 0 bridgehead atoms. The average Bonchev–Trinajstić information content (AvgIpc) is 2.21. The SMILES string of the molecule is CC(C)CCCOP(=O)(O)CCC(=O)NO. The van der Waals surface area contributed by atoms with Gasteiger partial charge in [-0.3, -0.25) is 14.6 Å². The summed E-state index contributed by atoms with van der Waals surface area (Å²) in [5.74, 6) is -0.165. The van der Waals surface area contributed by atoms with Gasteiger partial charge in [-0.1, -0.05) is 13.8 Å². The lowest BCUT2D eigenvalue weighted by Crippen LogP contribution is -2.19. The van der Waals surface area contributed by atoms with Gasteiger partial charge in [-0.25, -0.2) is 5.48 Å². The second-order valence-corrected chi connectivity index (χ2v) is 6.00. The van der Waals surface area contributed by atoms with E-state index in [1.165, 1.54) is 5.48 Å². The Morgan fingerprint density at radius 2 is 2.12 bits per heavy atom. The lowest BCUT2D eigenvalue weighted by Gasteiger charge is -2.12. The van der Waals surface area contributed by atoms with Crippen molar-refractivity contribution >= 4 is 13.5 Å². The van der Waals surface area contributed by atoms with Gasteiger partial charge in [0.2, 0.25) is 5.91 Å². The largest absolute Gasteiger partial charge is 0.328 e. The molecule has 0 aliphatic heterocycles. The summed E-state index contributed by atoms with van der Waals surface area (Å²) in [6, 6.07) is 0. The molecule has 96 valence electrons. The summed E-state index contributed by atoms with van der Waals surface area (Å²) < 4.78 is 16.2.